The average Bonchev–Trinajstić information content (AvgIpc) is 2.99. The normalized spacial score (nSPS) is 17.8. The highest BCUT2D eigenvalue weighted by Gasteiger charge is 2.27. The van der Waals surface area contributed by atoms with E-state index in [2.05, 4.69) is 16.0 Å². The summed E-state index contributed by atoms with van der Waals surface area (Å²) in [4.78, 5) is 48.7. The number of carbonyl (C=O) groups is 4. The van der Waals surface area contributed by atoms with Gasteiger partial charge < -0.3 is 30.2 Å². The number of amides is 3. The predicted octanol–water partition coefficient (Wildman–Crippen LogP) is 5.97. The van der Waals surface area contributed by atoms with E-state index in [0.717, 1.165) is 5.57 Å². The van der Waals surface area contributed by atoms with Gasteiger partial charge in [0.05, 0.1) is 7.11 Å². The number of cyclic esters (lactones) is 1. The van der Waals surface area contributed by atoms with Crippen molar-refractivity contribution in [2.75, 3.05) is 14.2 Å². The van der Waals surface area contributed by atoms with Crippen molar-refractivity contribution < 1.29 is 33.4 Å². The zero-order chi connectivity index (χ0) is 33.7. The minimum atomic E-state index is -0.760. The van der Waals surface area contributed by atoms with Crippen LogP contribution in [0.1, 0.15) is 67.7 Å². The Labute approximate surface area is 267 Å². The molecule has 44 heavy (non-hydrogen) atoms. The summed E-state index contributed by atoms with van der Waals surface area (Å²) in [5.41, 5.74) is 0.938. The maximum Gasteiger partial charge on any atom is 0.407 e. The molecule has 1 rings (SSSR count). The van der Waals surface area contributed by atoms with Crippen molar-refractivity contribution in [2.45, 2.75) is 86.0 Å². The third-order valence-electron chi connectivity index (χ3n) is 6.17. The number of rotatable bonds is 15. The predicted molar refractivity (Wildman–Crippen MR) is 174 cm³/mol. The van der Waals surface area contributed by atoms with Gasteiger partial charge in [-0.2, -0.15) is 0 Å². The lowest BCUT2D eigenvalue weighted by atomic mass is 9.97. The molecule has 0 saturated carbocycles. The Bertz CT molecular complexity index is 1120. The third-order valence-corrected chi connectivity index (χ3v) is 6.33. The molecule has 0 aromatic carbocycles. The van der Waals surface area contributed by atoms with Crippen molar-refractivity contribution in [3.8, 4) is 0 Å². The van der Waals surface area contributed by atoms with Crippen LogP contribution in [0, 0.1) is 11.8 Å². The molecule has 0 aromatic heterocycles. The third kappa shape index (κ3) is 16.7. The van der Waals surface area contributed by atoms with Gasteiger partial charge in [-0.05, 0) is 32.0 Å². The van der Waals surface area contributed by atoms with E-state index in [-0.39, 0.29) is 29.6 Å². The molecule has 1 heterocycles. The Hall–Kier alpha value is -3.79. The van der Waals surface area contributed by atoms with Crippen LogP contribution in [-0.2, 0) is 28.6 Å². The standard InChI is InChI=1S/C31H44ClN3O7.C2H6/c1-20(2)28(29(37)34-18-10-12-24(15-14-23(5)32)41-31(39)33-6)35-27(36)13-9-8-11-21(3)19-22(4)25-16-17-26(40-7)30(38)42-25;1-2/h8-11,13-14,17-20,22,24-25,28H,12,15-16H2,1-7H3,(H,33,39)(H,34,37)(H,35,36);1-2H3/b11-8+,13-9-,18-10-,21-19+,23-14+;. The highest BCUT2D eigenvalue weighted by molar-refractivity contribution is 6.29. The Morgan fingerprint density at radius 1 is 1.11 bits per heavy atom. The van der Waals surface area contributed by atoms with Gasteiger partial charge in [-0.15, -0.1) is 0 Å². The molecule has 3 N–H and O–H groups in total. The maximum absolute atomic E-state index is 12.7. The molecule has 0 saturated heterocycles. The van der Waals surface area contributed by atoms with Crippen LogP contribution >= 0.6 is 11.6 Å². The van der Waals surface area contributed by atoms with Gasteiger partial charge in [-0.1, -0.05) is 88.2 Å². The van der Waals surface area contributed by atoms with Crippen molar-refractivity contribution in [3.63, 3.8) is 0 Å². The fourth-order valence-corrected chi connectivity index (χ4v) is 3.94. The van der Waals surface area contributed by atoms with E-state index in [0.29, 0.717) is 24.3 Å². The minimum Gasteiger partial charge on any atom is -0.490 e. The van der Waals surface area contributed by atoms with Gasteiger partial charge in [-0.25, -0.2) is 9.59 Å². The second kappa shape index (κ2) is 22.7. The summed E-state index contributed by atoms with van der Waals surface area (Å²) < 4.78 is 15.7. The van der Waals surface area contributed by atoms with E-state index >= 15 is 0 Å². The summed E-state index contributed by atoms with van der Waals surface area (Å²) >= 11 is 5.88. The number of carbonyl (C=O) groups excluding carboxylic acids is 4. The Balaban J connectivity index is 0.00000904. The highest BCUT2D eigenvalue weighted by atomic mass is 35.5. The molecule has 0 aliphatic carbocycles. The first-order valence-corrected chi connectivity index (χ1v) is 15.2. The number of hydrogen-bond acceptors (Lipinski definition) is 7. The number of halogens is 1. The lowest BCUT2D eigenvalue weighted by molar-refractivity contribution is -0.151. The molecule has 1 aliphatic rings. The number of esters is 1. The molecule has 11 heteroatoms. The zero-order valence-electron chi connectivity index (χ0n) is 27.4. The van der Waals surface area contributed by atoms with Crippen molar-refractivity contribution >= 4 is 35.5 Å². The first kappa shape index (κ1) is 40.2. The van der Waals surface area contributed by atoms with Gasteiger partial charge in [0, 0.05) is 43.3 Å². The van der Waals surface area contributed by atoms with Crippen LogP contribution in [0.2, 0.25) is 0 Å². The fourth-order valence-electron chi connectivity index (χ4n) is 3.85. The maximum atomic E-state index is 12.7. The second-order valence-electron chi connectivity index (χ2n) is 10.1. The molecule has 0 aromatic rings. The number of hydrogen-bond donors (Lipinski definition) is 3. The van der Waals surface area contributed by atoms with Gasteiger partial charge in [0.2, 0.25) is 11.8 Å². The van der Waals surface area contributed by atoms with Gasteiger partial charge in [0.1, 0.15) is 18.2 Å². The highest BCUT2D eigenvalue weighted by Crippen LogP contribution is 2.22. The summed E-state index contributed by atoms with van der Waals surface area (Å²) in [7, 11) is 2.91. The van der Waals surface area contributed by atoms with E-state index in [4.69, 9.17) is 25.8 Å². The molecule has 4 atom stereocenters. The summed E-state index contributed by atoms with van der Waals surface area (Å²) in [6, 6.07) is -0.760. The van der Waals surface area contributed by atoms with Gasteiger partial charge >= 0.3 is 12.1 Å². The van der Waals surface area contributed by atoms with E-state index < -0.39 is 30.1 Å². The molecular weight excluding hydrogens is 586 g/mol. The van der Waals surface area contributed by atoms with Gasteiger partial charge in [0.25, 0.3) is 0 Å². The molecule has 0 fully saturated rings. The first-order chi connectivity index (χ1) is 20.9. The number of alkyl carbamates (subject to hydrolysis) is 1. The molecule has 10 nitrogen and oxygen atoms in total. The lowest BCUT2D eigenvalue weighted by Crippen LogP contribution is -2.48. The molecule has 0 spiro atoms. The summed E-state index contributed by atoms with van der Waals surface area (Å²) in [5.74, 6) is -1.20. The van der Waals surface area contributed by atoms with E-state index in [1.54, 1.807) is 37.3 Å². The van der Waals surface area contributed by atoms with Crippen molar-refractivity contribution in [3.05, 3.63) is 71.2 Å². The molecule has 3 amide bonds. The monoisotopic (exact) mass is 635 g/mol. The number of nitrogens with one attached hydrogen (secondary N) is 3. The smallest absolute Gasteiger partial charge is 0.407 e. The molecule has 246 valence electrons. The van der Waals surface area contributed by atoms with E-state index in [1.807, 2.05) is 53.7 Å². The van der Waals surface area contributed by atoms with Crippen molar-refractivity contribution in [1.82, 2.24) is 16.0 Å². The van der Waals surface area contributed by atoms with Gasteiger partial charge in [0.15, 0.2) is 5.76 Å². The Morgan fingerprint density at radius 3 is 2.34 bits per heavy atom. The van der Waals surface area contributed by atoms with E-state index in [1.165, 1.54) is 26.4 Å². The largest absolute Gasteiger partial charge is 0.490 e. The first-order valence-electron chi connectivity index (χ1n) is 14.8. The molecule has 0 bridgehead atoms. The average molecular weight is 636 g/mol. The van der Waals surface area contributed by atoms with Crippen LogP contribution in [0.5, 0.6) is 0 Å². The lowest BCUT2D eigenvalue weighted by Gasteiger charge is -2.25. The van der Waals surface area contributed by atoms with Crippen LogP contribution in [0.25, 0.3) is 0 Å². The second-order valence-corrected chi connectivity index (χ2v) is 10.7. The molecule has 1 aliphatic heterocycles. The van der Waals surface area contributed by atoms with Crippen LogP contribution in [-0.4, -0.2) is 56.3 Å². The number of methoxy groups -OCH3 is 1. The molecule has 4 unspecified atom stereocenters. The van der Waals surface area contributed by atoms with Crippen LogP contribution in [0.4, 0.5) is 4.79 Å². The van der Waals surface area contributed by atoms with Crippen LogP contribution in [0.3, 0.4) is 0 Å². The topological polar surface area (TPSA) is 132 Å². The SMILES string of the molecule is CC.CNC(=O)OC(C/C=C\NC(=O)C(NC(=O)\C=C/C=C/C(C)=C/C(C)C1CC=C(OC)C(=O)O1)C(C)C)C/C=C(\C)Cl. The summed E-state index contributed by atoms with van der Waals surface area (Å²) in [6.07, 6.45) is 15.2. The molecular formula is C33H50ClN3O7. The van der Waals surface area contributed by atoms with Gasteiger partial charge in [-0.3, -0.25) is 9.59 Å². The minimum absolute atomic E-state index is 0.0131. The zero-order valence-corrected chi connectivity index (χ0v) is 28.2. The Kier molecular flexibility index (Phi) is 20.8. The summed E-state index contributed by atoms with van der Waals surface area (Å²) in [6.45, 7) is 13.3. The quantitative estimate of drug-likeness (QED) is 0.115. The molecule has 0 radical (unpaired) electrons. The summed E-state index contributed by atoms with van der Waals surface area (Å²) in [5, 5.41) is 8.39. The Morgan fingerprint density at radius 2 is 1.77 bits per heavy atom. The van der Waals surface area contributed by atoms with Crippen molar-refractivity contribution in [2.24, 2.45) is 11.8 Å². The number of allylic oxidation sites excluding steroid dienone is 5. The van der Waals surface area contributed by atoms with E-state index in [9.17, 15) is 19.2 Å². The number of ether oxygens (including phenoxy) is 3. The van der Waals surface area contributed by atoms with Crippen molar-refractivity contribution in [1.29, 1.82) is 0 Å². The van der Waals surface area contributed by atoms with Crippen LogP contribution < -0.4 is 16.0 Å². The van der Waals surface area contributed by atoms with Crippen LogP contribution in [0.15, 0.2) is 71.2 Å². The fraction of sp³-hybridized carbons (Fsp3) is 0.515.